The largest absolute Gasteiger partial charge is 0.348 e. The summed E-state index contributed by atoms with van der Waals surface area (Å²) < 4.78 is 11.5. The highest BCUT2D eigenvalue weighted by Crippen LogP contribution is 2.30. The molecule has 1 aromatic carbocycles. The molecule has 0 radical (unpaired) electrons. The Morgan fingerprint density at radius 2 is 1.94 bits per heavy atom. The minimum atomic E-state index is -0.224. The molecular weight excluding hydrogens is 212 g/mol. The molecule has 1 aliphatic rings. The maximum Gasteiger partial charge on any atom is 0.177 e. The van der Waals surface area contributed by atoms with Crippen molar-refractivity contribution in [1.29, 1.82) is 0 Å². The van der Waals surface area contributed by atoms with Crippen molar-refractivity contribution in [2.45, 2.75) is 33.2 Å². The molecule has 1 aromatic rings. The zero-order valence-corrected chi connectivity index (χ0v) is 10.7. The van der Waals surface area contributed by atoms with Gasteiger partial charge in [-0.05, 0) is 18.6 Å². The number of ether oxygens (including phenoxy) is 2. The van der Waals surface area contributed by atoms with Crippen LogP contribution < -0.4 is 0 Å². The van der Waals surface area contributed by atoms with E-state index in [1.165, 1.54) is 0 Å². The lowest BCUT2D eigenvalue weighted by atomic mass is 9.88. The van der Waals surface area contributed by atoms with Gasteiger partial charge in [0.1, 0.15) is 0 Å². The summed E-state index contributed by atoms with van der Waals surface area (Å²) >= 11 is 0. The lowest BCUT2D eigenvalue weighted by Crippen LogP contribution is -2.43. The Morgan fingerprint density at radius 1 is 1.24 bits per heavy atom. The van der Waals surface area contributed by atoms with Gasteiger partial charge in [-0.3, -0.25) is 0 Å². The molecule has 0 bridgehead atoms. The van der Waals surface area contributed by atoms with E-state index in [9.17, 15) is 0 Å². The van der Waals surface area contributed by atoms with Gasteiger partial charge in [-0.25, -0.2) is 0 Å². The lowest BCUT2D eigenvalue weighted by Gasteiger charge is -2.39. The molecule has 1 fully saturated rings. The van der Waals surface area contributed by atoms with Gasteiger partial charge >= 0.3 is 0 Å². The van der Waals surface area contributed by atoms with E-state index in [0.29, 0.717) is 0 Å². The van der Waals surface area contributed by atoms with Gasteiger partial charge in [-0.1, -0.05) is 50.3 Å². The smallest absolute Gasteiger partial charge is 0.177 e. The number of hydrogen-bond donors (Lipinski definition) is 0. The minimum Gasteiger partial charge on any atom is -0.348 e. The van der Waals surface area contributed by atoms with Crippen molar-refractivity contribution in [3.05, 3.63) is 42.0 Å². The summed E-state index contributed by atoms with van der Waals surface area (Å²) in [5.74, 6) is 0. The van der Waals surface area contributed by atoms with Gasteiger partial charge in [-0.15, -0.1) is 0 Å². The second kappa shape index (κ2) is 5.03. The van der Waals surface area contributed by atoms with Crippen molar-refractivity contribution in [3.63, 3.8) is 0 Å². The van der Waals surface area contributed by atoms with Crippen LogP contribution in [0, 0.1) is 5.41 Å². The normalized spacial score (nSPS) is 28.4. The fourth-order valence-electron chi connectivity index (χ4n) is 1.69. The Balaban J connectivity index is 1.96. The van der Waals surface area contributed by atoms with Crippen LogP contribution >= 0.6 is 0 Å². The van der Waals surface area contributed by atoms with Crippen molar-refractivity contribution < 1.29 is 9.47 Å². The predicted molar refractivity (Wildman–Crippen MR) is 69.5 cm³/mol. The first-order valence-electron chi connectivity index (χ1n) is 6.08. The number of hydrogen-bond acceptors (Lipinski definition) is 2. The van der Waals surface area contributed by atoms with Crippen LogP contribution in [-0.2, 0) is 9.47 Å². The summed E-state index contributed by atoms with van der Waals surface area (Å²) in [4.78, 5) is 0. The molecule has 2 atom stereocenters. The van der Waals surface area contributed by atoms with E-state index >= 15 is 0 Å². The van der Waals surface area contributed by atoms with Crippen molar-refractivity contribution >= 4 is 6.08 Å². The molecule has 0 spiro atoms. The van der Waals surface area contributed by atoms with E-state index in [2.05, 4.69) is 32.9 Å². The Bertz CT molecular complexity index is 381. The molecule has 1 saturated heterocycles. The average molecular weight is 232 g/mol. The third-order valence-electron chi connectivity index (χ3n) is 3.30. The molecular formula is C15H20O2. The monoisotopic (exact) mass is 232 g/mol. The lowest BCUT2D eigenvalue weighted by molar-refractivity contribution is -0.232. The van der Waals surface area contributed by atoms with Crippen molar-refractivity contribution in [2.24, 2.45) is 5.41 Å². The fourth-order valence-corrected chi connectivity index (χ4v) is 1.69. The average Bonchev–Trinajstić information content (AvgIpc) is 2.32. The summed E-state index contributed by atoms with van der Waals surface area (Å²) in [6.45, 7) is 7.16. The van der Waals surface area contributed by atoms with Crippen LogP contribution in [0.4, 0.5) is 0 Å². The van der Waals surface area contributed by atoms with E-state index < -0.39 is 0 Å². The quantitative estimate of drug-likeness (QED) is 0.777. The molecule has 92 valence electrons. The van der Waals surface area contributed by atoms with Crippen LogP contribution in [0.25, 0.3) is 6.08 Å². The van der Waals surface area contributed by atoms with Crippen LogP contribution in [-0.4, -0.2) is 19.0 Å². The molecule has 0 amide bonds. The van der Waals surface area contributed by atoms with E-state index in [-0.39, 0.29) is 17.8 Å². The van der Waals surface area contributed by atoms with Crippen molar-refractivity contribution in [2.75, 3.05) is 6.61 Å². The summed E-state index contributed by atoms with van der Waals surface area (Å²) in [7, 11) is 0. The number of rotatable bonds is 2. The summed E-state index contributed by atoms with van der Waals surface area (Å²) in [6.07, 6.45) is 4.00. The molecule has 2 heteroatoms. The second-order valence-electron chi connectivity index (χ2n) is 5.22. The van der Waals surface area contributed by atoms with Gasteiger partial charge in [0.15, 0.2) is 6.29 Å². The molecule has 0 aromatic heterocycles. The van der Waals surface area contributed by atoms with E-state index in [0.717, 1.165) is 12.2 Å². The van der Waals surface area contributed by atoms with E-state index in [1.807, 2.05) is 30.4 Å². The highest BCUT2D eigenvalue weighted by atomic mass is 16.7. The van der Waals surface area contributed by atoms with Crippen LogP contribution in [0.5, 0.6) is 0 Å². The van der Waals surface area contributed by atoms with E-state index in [4.69, 9.17) is 9.47 Å². The Hall–Kier alpha value is -1.12. The first-order valence-corrected chi connectivity index (χ1v) is 6.08. The summed E-state index contributed by atoms with van der Waals surface area (Å²) in [6, 6.07) is 10.2. The summed E-state index contributed by atoms with van der Waals surface area (Å²) in [5, 5.41) is 0. The number of benzene rings is 1. The highest BCUT2D eigenvalue weighted by Gasteiger charge is 2.34. The van der Waals surface area contributed by atoms with Gasteiger partial charge in [-0.2, -0.15) is 0 Å². The third kappa shape index (κ3) is 3.18. The standard InChI is InChI=1S/C15H20O2/c1-12-15(2,3)11-16-14(17-12)10-9-13-7-5-4-6-8-13/h4-10,12,14H,11H2,1-3H3/b10-9+/t12-,14+/m1/s1. The van der Waals surface area contributed by atoms with Gasteiger partial charge in [0.2, 0.25) is 0 Å². The minimum absolute atomic E-state index is 0.0943. The zero-order chi connectivity index (χ0) is 12.3. The van der Waals surface area contributed by atoms with Crippen LogP contribution in [0.1, 0.15) is 26.3 Å². The van der Waals surface area contributed by atoms with Gasteiger partial charge in [0.05, 0.1) is 12.7 Å². The highest BCUT2D eigenvalue weighted by molar-refractivity contribution is 5.48. The Kier molecular flexibility index (Phi) is 3.65. The van der Waals surface area contributed by atoms with Gasteiger partial charge in [0.25, 0.3) is 0 Å². The molecule has 0 unspecified atom stereocenters. The van der Waals surface area contributed by atoms with E-state index in [1.54, 1.807) is 0 Å². The molecule has 0 N–H and O–H groups in total. The molecule has 2 rings (SSSR count). The predicted octanol–water partition coefficient (Wildman–Crippen LogP) is 3.49. The van der Waals surface area contributed by atoms with Crippen molar-refractivity contribution in [3.8, 4) is 0 Å². The molecule has 17 heavy (non-hydrogen) atoms. The maximum atomic E-state index is 5.81. The fraction of sp³-hybridized carbons (Fsp3) is 0.467. The molecule has 2 nitrogen and oxygen atoms in total. The van der Waals surface area contributed by atoms with Crippen molar-refractivity contribution in [1.82, 2.24) is 0 Å². The molecule has 1 heterocycles. The maximum absolute atomic E-state index is 5.81. The topological polar surface area (TPSA) is 18.5 Å². The van der Waals surface area contributed by atoms with Crippen LogP contribution in [0.15, 0.2) is 36.4 Å². The second-order valence-corrected chi connectivity index (χ2v) is 5.22. The Labute approximate surface area is 103 Å². The van der Waals surface area contributed by atoms with Crippen LogP contribution in [0.2, 0.25) is 0 Å². The SMILES string of the molecule is C[C@H]1O[C@@H](/C=C/c2ccccc2)OCC1(C)C. The Morgan fingerprint density at radius 3 is 2.59 bits per heavy atom. The van der Waals surface area contributed by atoms with Gasteiger partial charge < -0.3 is 9.47 Å². The molecule has 1 aliphatic heterocycles. The van der Waals surface area contributed by atoms with Gasteiger partial charge in [0, 0.05) is 5.41 Å². The first-order chi connectivity index (χ1) is 8.08. The first kappa shape index (κ1) is 12.3. The zero-order valence-electron chi connectivity index (χ0n) is 10.7. The third-order valence-corrected chi connectivity index (χ3v) is 3.30. The van der Waals surface area contributed by atoms with Crippen LogP contribution in [0.3, 0.4) is 0 Å². The molecule has 0 aliphatic carbocycles. The molecule has 0 saturated carbocycles. The summed E-state index contributed by atoms with van der Waals surface area (Å²) in [5.41, 5.74) is 1.26.